The first-order valence-corrected chi connectivity index (χ1v) is 9.03. The number of nitrogens with zero attached hydrogens (tertiary/aromatic N) is 2. The van der Waals surface area contributed by atoms with E-state index in [2.05, 4.69) is 10.2 Å². The SMILES string of the molecule is COCCCN1C(=O)c2[nH]nc(-c3ccccc3O)c2[C@@H]1c1ccc(F)cc1. The number of aromatic amines is 1. The van der Waals surface area contributed by atoms with Crippen molar-refractivity contribution in [3.05, 3.63) is 71.2 Å². The molecule has 1 aliphatic heterocycles. The Bertz CT molecular complexity index is 1000. The third-order valence-electron chi connectivity index (χ3n) is 4.96. The van der Waals surface area contributed by atoms with Crippen LogP contribution in [0.15, 0.2) is 48.5 Å². The van der Waals surface area contributed by atoms with Gasteiger partial charge >= 0.3 is 0 Å². The fourth-order valence-electron chi connectivity index (χ4n) is 3.68. The van der Waals surface area contributed by atoms with Crippen LogP contribution in [-0.2, 0) is 4.74 Å². The maximum atomic E-state index is 13.5. The van der Waals surface area contributed by atoms with Crippen LogP contribution < -0.4 is 0 Å². The van der Waals surface area contributed by atoms with Crippen LogP contribution in [0.1, 0.15) is 34.1 Å². The average Bonchev–Trinajstić information content (AvgIpc) is 3.23. The standard InChI is InChI=1S/C21H20FN3O3/c1-28-12-4-11-25-20(13-7-9-14(22)10-8-13)17-18(23-24-19(17)21(25)27)15-5-2-3-6-16(15)26/h2-3,5-10,20,26H,4,11-12H2,1H3,(H,23,24)/t20-/m0/s1. The van der Waals surface area contributed by atoms with Gasteiger partial charge in [0.1, 0.15) is 23.0 Å². The van der Waals surface area contributed by atoms with Crippen molar-refractivity contribution in [2.24, 2.45) is 0 Å². The number of hydrogen-bond donors (Lipinski definition) is 2. The van der Waals surface area contributed by atoms with Gasteiger partial charge in [-0.3, -0.25) is 9.89 Å². The van der Waals surface area contributed by atoms with Crippen molar-refractivity contribution < 1.29 is 19.0 Å². The van der Waals surface area contributed by atoms with Crippen LogP contribution in [0.25, 0.3) is 11.3 Å². The number of aromatic nitrogens is 2. The Labute approximate surface area is 161 Å². The molecule has 4 rings (SSSR count). The van der Waals surface area contributed by atoms with Gasteiger partial charge in [-0.1, -0.05) is 24.3 Å². The van der Waals surface area contributed by atoms with Gasteiger partial charge in [0.05, 0.1) is 6.04 Å². The molecule has 1 amide bonds. The Balaban J connectivity index is 1.83. The number of rotatable bonds is 6. The molecule has 1 atom stereocenters. The molecule has 0 aliphatic carbocycles. The van der Waals surface area contributed by atoms with Crippen LogP contribution in [-0.4, -0.2) is 46.4 Å². The van der Waals surface area contributed by atoms with Crippen LogP contribution in [0.2, 0.25) is 0 Å². The van der Waals surface area contributed by atoms with Gasteiger partial charge in [-0.2, -0.15) is 5.10 Å². The number of phenols is 1. The normalized spacial score (nSPS) is 15.9. The summed E-state index contributed by atoms with van der Waals surface area (Å²) in [5.74, 6) is -0.429. The summed E-state index contributed by atoms with van der Waals surface area (Å²) in [6.07, 6.45) is 0.670. The topological polar surface area (TPSA) is 78.5 Å². The van der Waals surface area contributed by atoms with Gasteiger partial charge in [-0.05, 0) is 36.2 Å². The zero-order valence-corrected chi connectivity index (χ0v) is 15.4. The first kappa shape index (κ1) is 18.2. The molecule has 2 heterocycles. The van der Waals surface area contributed by atoms with Gasteiger partial charge in [0, 0.05) is 31.4 Å². The second kappa shape index (κ2) is 7.44. The van der Waals surface area contributed by atoms with Crippen molar-refractivity contribution in [2.75, 3.05) is 20.3 Å². The van der Waals surface area contributed by atoms with Crippen molar-refractivity contribution in [2.45, 2.75) is 12.5 Å². The largest absolute Gasteiger partial charge is 0.507 e. The highest BCUT2D eigenvalue weighted by Crippen LogP contribution is 2.44. The summed E-state index contributed by atoms with van der Waals surface area (Å²) in [7, 11) is 1.62. The van der Waals surface area contributed by atoms with Crippen molar-refractivity contribution in [3.8, 4) is 17.0 Å². The zero-order chi connectivity index (χ0) is 19.7. The number of para-hydroxylation sites is 1. The number of fused-ring (bicyclic) bond motifs is 1. The summed E-state index contributed by atoms with van der Waals surface area (Å²) < 4.78 is 18.6. The fraction of sp³-hybridized carbons (Fsp3) is 0.238. The third-order valence-corrected chi connectivity index (χ3v) is 4.96. The molecule has 2 N–H and O–H groups in total. The summed E-state index contributed by atoms with van der Waals surface area (Å²) in [6, 6.07) is 12.5. The molecule has 0 bridgehead atoms. The van der Waals surface area contributed by atoms with Crippen LogP contribution in [0.3, 0.4) is 0 Å². The van der Waals surface area contributed by atoms with E-state index in [1.165, 1.54) is 12.1 Å². The van der Waals surface area contributed by atoms with Gasteiger partial charge in [0.25, 0.3) is 5.91 Å². The molecule has 1 aromatic heterocycles. The minimum absolute atomic E-state index is 0.0833. The summed E-state index contributed by atoms with van der Waals surface area (Å²) in [4.78, 5) is 14.8. The number of carbonyl (C=O) groups is 1. The summed E-state index contributed by atoms with van der Waals surface area (Å²) in [5.41, 5.74) is 2.92. The van der Waals surface area contributed by atoms with Gasteiger partial charge < -0.3 is 14.7 Å². The van der Waals surface area contributed by atoms with Crippen molar-refractivity contribution in [3.63, 3.8) is 0 Å². The van der Waals surface area contributed by atoms with Crippen molar-refractivity contribution in [1.29, 1.82) is 0 Å². The summed E-state index contributed by atoms with van der Waals surface area (Å²) >= 11 is 0. The lowest BCUT2D eigenvalue weighted by molar-refractivity contribution is 0.0723. The molecule has 0 spiro atoms. The van der Waals surface area contributed by atoms with Crippen LogP contribution in [0, 0.1) is 5.82 Å². The number of aromatic hydroxyl groups is 1. The van der Waals surface area contributed by atoms with Gasteiger partial charge in [0.15, 0.2) is 0 Å². The number of H-pyrrole nitrogens is 1. The predicted octanol–water partition coefficient (Wildman–Crippen LogP) is 3.50. The summed E-state index contributed by atoms with van der Waals surface area (Å²) in [5, 5.41) is 17.4. The molecule has 3 aromatic rings. The first-order chi connectivity index (χ1) is 13.6. The molecule has 0 saturated heterocycles. The van der Waals surface area contributed by atoms with E-state index in [4.69, 9.17) is 4.74 Å². The lowest BCUT2D eigenvalue weighted by atomic mass is 9.95. The van der Waals surface area contributed by atoms with Gasteiger partial charge in [-0.25, -0.2) is 4.39 Å². The molecule has 6 nitrogen and oxygen atoms in total. The van der Waals surface area contributed by atoms with E-state index in [1.54, 1.807) is 48.4 Å². The number of carbonyl (C=O) groups excluding carboxylic acids is 1. The number of methoxy groups -OCH3 is 1. The number of hydrogen-bond acceptors (Lipinski definition) is 4. The van der Waals surface area contributed by atoms with E-state index in [0.717, 1.165) is 5.56 Å². The molecule has 2 aromatic carbocycles. The predicted molar refractivity (Wildman–Crippen MR) is 101 cm³/mol. The Morgan fingerprint density at radius 2 is 1.96 bits per heavy atom. The zero-order valence-electron chi connectivity index (χ0n) is 15.4. The highest BCUT2D eigenvalue weighted by molar-refractivity contribution is 6.00. The Morgan fingerprint density at radius 1 is 1.21 bits per heavy atom. The lowest BCUT2D eigenvalue weighted by Gasteiger charge is -2.26. The Morgan fingerprint density at radius 3 is 2.68 bits per heavy atom. The maximum absolute atomic E-state index is 13.5. The van der Waals surface area contributed by atoms with E-state index in [9.17, 15) is 14.3 Å². The van der Waals surface area contributed by atoms with Gasteiger partial charge in [0.2, 0.25) is 0 Å². The first-order valence-electron chi connectivity index (χ1n) is 9.03. The van der Waals surface area contributed by atoms with Crippen molar-refractivity contribution in [1.82, 2.24) is 15.1 Å². The fourth-order valence-corrected chi connectivity index (χ4v) is 3.68. The summed E-state index contributed by atoms with van der Waals surface area (Å²) in [6.45, 7) is 1.01. The quantitative estimate of drug-likeness (QED) is 0.641. The number of amides is 1. The van der Waals surface area contributed by atoms with E-state index >= 15 is 0 Å². The number of benzene rings is 2. The molecule has 0 fully saturated rings. The highest BCUT2D eigenvalue weighted by atomic mass is 19.1. The minimum atomic E-state index is -0.423. The van der Waals surface area contributed by atoms with E-state index < -0.39 is 6.04 Å². The third kappa shape index (κ3) is 3.03. The van der Waals surface area contributed by atoms with Gasteiger partial charge in [-0.15, -0.1) is 0 Å². The van der Waals surface area contributed by atoms with E-state index in [0.29, 0.717) is 42.1 Å². The second-order valence-electron chi connectivity index (χ2n) is 6.68. The second-order valence-corrected chi connectivity index (χ2v) is 6.68. The number of halogens is 1. The molecule has 0 unspecified atom stereocenters. The maximum Gasteiger partial charge on any atom is 0.273 e. The number of phenolic OH excluding ortho intramolecular Hbond substituents is 1. The smallest absolute Gasteiger partial charge is 0.273 e. The molecule has 144 valence electrons. The lowest BCUT2D eigenvalue weighted by Crippen LogP contribution is -2.31. The van der Waals surface area contributed by atoms with E-state index in [1.807, 2.05) is 0 Å². The molecular formula is C21H20FN3O3. The number of ether oxygens (including phenoxy) is 1. The molecule has 0 saturated carbocycles. The molecule has 1 aliphatic rings. The van der Waals surface area contributed by atoms with Crippen LogP contribution in [0.4, 0.5) is 4.39 Å². The molecule has 0 radical (unpaired) electrons. The van der Waals surface area contributed by atoms with E-state index in [-0.39, 0.29) is 17.5 Å². The molecular weight excluding hydrogens is 361 g/mol. The van der Waals surface area contributed by atoms with Crippen LogP contribution >= 0.6 is 0 Å². The minimum Gasteiger partial charge on any atom is -0.507 e. The van der Waals surface area contributed by atoms with Crippen LogP contribution in [0.5, 0.6) is 5.75 Å². The average molecular weight is 381 g/mol. The molecule has 7 heteroatoms. The Hall–Kier alpha value is -3.19. The van der Waals surface area contributed by atoms with Crippen molar-refractivity contribution >= 4 is 5.91 Å². The highest BCUT2D eigenvalue weighted by Gasteiger charge is 2.42. The monoisotopic (exact) mass is 381 g/mol. The number of nitrogens with one attached hydrogen (secondary N) is 1. The Kier molecular flexibility index (Phi) is 4.83. The molecule has 28 heavy (non-hydrogen) atoms.